The Balaban J connectivity index is 2.99. The van der Waals surface area contributed by atoms with Gasteiger partial charge >= 0.3 is 5.97 Å². The maximum atomic E-state index is 10.3. The largest absolute Gasteiger partial charge is 0.481 e. The van der Waals surface area contributed by atoms with Gasteiger partial charge in [0.2, 0.25) is 0 Å². The van der Waals surface area contributed by atoms with Crippen molar-refractivity contribution in [3.8, 4) is 0 Å². The molecule has 0 atom stereocenters. The number of carbonyl (C=O) groups is 1. The Labute approximate surface area is 137 Å². The Kier molecular flexibility index (Phi) is 17.5. The van der Waals surface area contributed by atoms with Crippen LogP contribution in [0.15, 0.2) is 12.2 Å². The van der Waals surface area contributed by atoms with E-state index in [9.17, 15) is 4.79 Å². The van der Waals surface area contributed by atoms with Crippen LogP contribution in [0.1, 0.15) is 90.4 Å². The van der Waals surface area contributed by atoms with Gasteiger partial charge < -0.3 is 10.4 Å². The first kappa shape index (κ1) is 21.2. The number of rotatable bonds is 17. The molecule has 0 rings (SSSR count). The molecule has 0 aliphatic rings. The third-order valence-corrected chi connectivity index (χ3v) is 3.87. The highest BCUT2D eigenvalue weighted by Gasteiger charge is 1.96. The van der Waals surface area contributed by atoms with Crippen LogP contribution in [0.4, 0.5) is 0 Å². The minimum atomic E-state index is -0.683. The summed E-state index contributed by atoms with van der Waals surface area (Å²) in [5, 5.41) is 11.9. The lowest BCUT2D eigenvalue weighted by molar-refractivity contribution is -0.137. The summed E-state index contributed by atoms with van der Waals surface area (Å²) < 4.78 is 0. The number of aliphatic carboxylic acids is 1. The molecule has 3 heteroatoms. The van der Waals surface area contributed by atoms with Crippen molar-refractivity contribution in [2.75, 3.05) is 13.1 Å². The van der Waals surface area contributed by atoms with Crippen LogP contribution in [0.5, 0.6) is 0 Å². The van der Waals surface area contributed by atoms with Crippen LogP contribution in [-0.2, 0) is 4.79 Å². The second-order valence-electron chi connectivity index (χ2n) is 6.10. The average Bonchev–Trinajstić information content (AvgIpc) is 2.50. The second-order valence-corrected chi connectivity index (χ2v) is 6.10. The third-order valence-electron chi connectivity index (χ3n) is 3.87. The highest BCUT2D eigenvalue weighted by Crippen LogP contribution is 2.09. The normalized spacial score (nSPS) is 11.3. The van der Waals surface area contributed by atoms with Crippen molar-refractivity contribution in [1.29, 1.82) is 0 Å². The molecule has 0 fully saturated rings. The van der Waals surface area contributed by atoms with Gasteiger partial charge in [-0.2, -0.15) is 0 Å². The molecule has 0 aromatic heterocycles. The summed E-state index contributed by atoms with van der Waals surface area (Å²) in [5.74, 6) is -0.683. The lowest BCUT2D eigenvalue weighted by Gasteiger charge is -2.04. The van der Waals surface area contributed by atoms with Gasteiger partial charge in [-0.05, 0) is 51.6 Å². The molecular weight excluding hydrogens is 274 g/mol. The smallest absolute Gasteiger partial charge is 0.303 e. The van der Waals surface area contributed by atoms with Gasteiger partial charge in [0.1, 0.15) is 0 Å². The molecule has 0 heterocycles. The van der Waals surface area contributed by atoms with E-state index in [2.05, 4.69) is 24.4 Å². The quantitative estimate of drug-likeness (QED) is 0.283. The summed E-state index contributed by atoms with van der Waals surface area (Å²) in [7, 11) is 0. The van der Waals surface area contributed by atoms with Crippen molar-refractivity contribution in [1.82, 2.24) is 5.32 Å². The highest BCUT2D eigenvalue weighted by molar-refractivity contribution is 5.66. The van der Waals surface area contributed by atoms with Gasteiger partial charge in [0.15, 0.2) is 0 Å². The van der Waals surface area contributed by atoms with Crippen LogP contribution in [0.25, 0.3) is 0 Å². The predicted octanol–water partition coefficient (Wildman–Crippen LogP) is 5.31. The molecule has 2 N–H and O–H groups in total. The molecule has 0 amide bonds. The molecule has 0 aromatic rings. The van der Waals surface area contributed by atoms with Crippen LogP contribution >= 0.6 is 0 Å². The summed E-state index contributed by atoms with van der Waals surface area (Å²) in [6.07, 6.45) is 19.9. The zero-order valence-corrected chi connectivity index (χ0v) is 14.6. The molecule has 0 saturated heterocycles. The zero-order chi connectivity index (χ0) is 16.3. The third kappa shape index (κ3) is 19.2. The van der Waals surface area contributed by atoms with Crippen LogP contribution in [0.2, 0.25) is 0 Å². The van der Waals surface area contributed by atoms with Crippen LogP contribution in [-0.4, -0.2) is 24.2 Å². The van der Waals surface area contributed by atoms with Gasteiger partial charge in [0.25, 0.3) is 0 Å². The van der Waals surface area contributed by atoms with E-state index in [1.165, 1.54) is 57.8 Å². The fourth-order valence-corrected chi connectivity index (χ4v) is 2.51. The van der Waals surface area contributed by atoms with Crippen LogP contribution < -0.4 is 5.32 Å². The van der Waals surface area contributed by atoms with Crippen molar-refractivity contribution in [3.05, 3.63) is 12.2 Å². The molecule has 0 aromatic carbocycles. The van der Waals surface area contributed by atoms with Crippen molar-refractivity contribution >= 4 is 5.97 Å². The average molecular weight is 312 g/mol. The molecule has 0 aliphatic carbocycles. The molecule has 0 radical (unpaired) electrons. The predicted molar refractivity (Wildman–Crippen MR) is 95.3 cm³/mol. The molecule has 0 spiro atoms. The Morgan fingerprint density at radius 2 is 1.36 bits per heavy atom. The molecule has 130 valence electrons. The van der Waals surface area contributed by atoms with E-state index in [-0.39, 0.29) is 0 Å². The summed E-state index contributed by atoms with van der Waals surface area (Å²) >= 11 is 0. The van der Waals surface area contributed by atoms with Gasteiger partial charge in [0, 0.05) is 6.42 Å². The van der Waals surface area contributed by atoms with E-state index in [0.717, 1.165) is 32.4 Å². The van der Waals surface area contributed by atoms with Gasteiger partial charge in [-0.15, -0.1) is 0 Å². The van der Waals surface area contributed by atoms with E-state index < -0.39 is 5.97 Å². The number of carboxylic acid groups (broad SMARTS) is 1. The SMILES string of the molecule is CCC=CCCCCCCCCCCNCCCCC(=O)O. The monoisotopic (exact) mass is 311 g/mol. The van der Waals surface area contributed by atoms with Crippen molar-refractivity contribution in [2.24, 2.45) is 0 Å². The van der Waals surface area contributed by atoms with Crippen molar-refractivity contribution in [2.45, 2.75) is 90.4 Å². The summed E-state index contributed by atoms with van der Waals surface area (Å²) in [6, 6.07) is 0. The number of hydrogen-bond acceptors (Lipinski definition) is 2. The van der Waals surface area contributed by atoms with Crippen LogP contribution in [0.3, 0.4) is 0 Å². The molecule has 0 aliphatic heterocycles. The van der Waals surface area contributed by atoms with E-state index >= 15 is 0 Å². The van der Waals surface area contributed by atoms with E-state index in [1.54, 1.807) is 0 Å². The zero-order valence-electron chi connectivity index (χ0n) is 14.6. The van der Waals surface area contributed by atoms with E-state index in [4.69, 9.17) is 5.11 Å². The van der Waals surface area contributed by atoms with E-state index in [1.807, 2.05) is 0 Å². The van der Waals surface area contributed by atoms with E-state index in [0.29, 0.717) is 6.42 Å². The Bertz CT molecular complexity index is 264. The van der Waals surface area contributed by atoms with Crippen molar-refractivity contribution < 1.29 is 9.90 Å². The maximum Gasteiger partial charge on any atom is 0.303 e. The van der Waals surface area contributed by atoms with Gasteiger partial charge in [-0.25, -0.2) is 0 Å². The van der Waals surface area contributed by atoms with Gasteiger partial charge in [-0.1, -0.05) is 57.6 Å². The minimum Gasteiger partial charge on any atom is -0.481 e. The number of allylic oxidation sites excluding steroid dienone is 2. The van der Waals surface area contributed by atoms with Crippen molar-refractivity contribution in [3.63, 3.8) is 0 Å². The second kappa shape index (κ2) is 18.2. The Hall–Kier alpha value is -0.830. The lowest BCUT2D eigenvalue weighted by Crippen LogP contribution is -2.16. The highest BCUT2D eigenvalue weighted by atomic mass is 16.4. The van der Waals surface area contributed by atoms with Gasteiger partial charge in [0.05, 0.1) is 0 Å². The fraction of sp³-hybridized carbons (Fsp3) is 0.842. The van der Waals surface area contributed by atoms with Gasteiger partial charge in [-0.3, -0.25) is 4.79 Å². The number of unbranched alkanes of at least 4 members (excludes halogenated alkanes) is 9. The topological polar surface area (TPSA) is 49.3 Å². The number of carboxylic acids is 1. The fourth-order valence-electron chi connectivity index (χ4n) is 2.51. The molecule has 22 heavy (non-hydrogen) atoms. The Morgan fingerprint density at radius 3 is 1.95 bits per heavy atom. The first-order valence-corrected chi connectivity index (χ1v) is 9.35. The molecule has 0 saturated carbocycles. The Morgan fingerprint density at radius 1 is 0.818 bits per heavy atom. The first-order chi connectivity index (χ1) is 10.8. The molecule has 0 unspecified atom stereocenters. The lowest BCUT2D eigenvalue weighted by atomic mass is 10.1. The molecular formula is C19H37NO2. The molecule has 0 bridgehead atoms. The van der Waals surface area contributed by atoms with Crippen LogP contribution in [0, 0.1) is 0 Å². The molecule has 3 nitrogen and oxygen atoms in total. The maximum absolute atomic E-state index is 10.3. The summed E-state index contributed by atoms with van der Waals surface area (Å²) in [5.41, 5.74) is 0. The summed E-state index contributed by atoms with van der Waals surface area (Å²) in [4.78, 5) is 10.3. The standard InChI is InChI=1S/C19H37NO2/c1-2-3-4-5-6-7-8-9-10-11-12-14-17-20-18-15-13-16-19(21)22/h3-4,20H,2,5-18H2,1H3,(H,21,22). The number of hydrogen-bond donors (Lipinski definition) is 2. The first-order valence-electron chi connectivity index (χ1n) is 9.35. The summed E-state index contributed by atoms with van der Waals surface area (Å²) in [6.45, 7) is 4.22. The number of nitrogens with one attached hydrogen (secondary N) is 1. The minimum absolute atomic E-state index is 0.302.